The van der Waals surface area contributed by atoms with E-state index >= 15 is 0 Å². The summed E-state index contributed by atoms with van der Waals surface area (Å²) in [4.78, 5) is 55.1. The van der Waals surface area contributed by atoms with Gasteiger partial charge in [0.25, 0.3) is 0 Å². The van der Waals surface area contributed by atoms with Gasteiger partial charge in [-0.1, -0.05) is 57.5 Å². The summed E-state index contributed by atoms with van der Waals surface area (Å²) >= 11 is 0. The van der Waals surface area contributed by atoms with Crippen LogP contribution in [-0.4, -0.2) is 42.8 Å². The van der Waals surface area contributed by atoms with E-state index in [4.69, 9.17) is 10.5 Å². The van der Waals surface area contributed by atoms with E-state index < -0.39 is 29.8 Å². The molecule has 4 N–H and O–H groups in total. The molecule has 4 unspecified atom stereocenters. The van der Waals surface area contributed by atoms with Crippen molar-refractivity contribution in [1.82, 2.24) is 10.6 Å². The number of anilines is 1. The van der Waals surface area contributed by atoms with Gasteiger partial charge in [0.05, 0.1) is 12.8 Å². The Kier molecular flexibility index (Phi) is 9.68. The topological polar surface area (TPSA) is 131 Å². The zero-order chi connectivity index (χ0) is 29.7. The monoisotopic (exact) mass is 562 g/mol. The van der Waals surface area contributed by atoms with E-state index in [0.29, 0.717) is 38.6 Å². The molecule has 2 aliphatic rings. The van der Waals surface area contributed by atoms with E-state index in [2.05, 4.69) is 10.6 Å². The molecule has 0 saturated heterocycles. The van der Waals surface area contributed by atoms with Crippen molar-refractivity contribution >= 4 is 29.3 Å². The van der Waals surface area contributed by atoms with E-state index in [0.717, 1.165) is 34.5 Å². The number of hydrogen-bond acceptors (Lipinski definition) is 5. The molecule has 0 aromatic heterocycles. The zero-order valence-electron chi connectivity index (χ0n) is 24.4. The predicted octanol–water partition coefficient (Wildman–Crippen LogP) is 3.26. The molecule has 2 heterocycles. The number of nitrogens with zero attached hydrogens (tertiary/aromatic N) is 1. The minimum atomic E-state index is -0.817. The van der Waals surface area contributed by atoms with Gasteiger partial charge in [-0.05, 0) is 60.4 Å². The van der Waals surface area contributed by atoms with Crippen LogP contribution >= 0.6 is 0 Å². The normalized spacial score (nSPS) is 19.2. The Balaban J connectivity index is 1.55. The number of ether oxygens (including phenoxy) is 1. The van der Waals surface area contributed by atoms with Crippen LogP contribution in [0.1, 0.15) is 63.1 Å². The minimum absolute atomic E-state index is 0.165. The molecule has 4 rings (SSSR count). The quantitative estimate of drug-likeness (QED) is 0.366. The van der Waals surface area contributed by atoms with Crippen LogP contribution in [0.4, 0.5) is 5.69 Å². The number of primary amides is 1. The summed E-state index contributed by atoms with van der Waals surface area (Å²) in [5.41, 5.74) is 9.34. The van der Waals surface area contributed by atoms with Crippen LogP contribution in [0.25, 0.3) is 0 Å². The van der Waals surface area contributed by atoms with Gasteiger partial charge in [-0.15, -0.1) is 0 Å². The van der Waals surface area contributed by atoms with Crippen molar-refractivity contribution in [3.63, 3.8) is 0 Å². The minimum Gasteiger partial charge on any atom is -0.497 e. The molecule has 2 aliphatic heterocycles. The molecule has 9 nitrogen and oxygen atoms in total. The Morgan fingerprint density at radius 2 is 1.78 bits per heavy atom. The predicted molar refractivity (Wildman–Crippen MR) is 157 cm³/mol. The van der Waals surface area contributed by atoms with Crippen molar-refractivity contribution in [2.24, 2.45) is 23.5 Å². The van der Waals surface area contributed by atoms with Crippen molar-refractivity contribution in [2.45, 2.75) is 77.9 Å². The van der Waals surface area contributed by atoms with Gasteiger partial charge in [0.1, 0.15) is 17.8 Å². The van der Waals surface area contributed by atoms with Crippen LogP contribution in [0.2, 0.25) is 0 Å². The van der Waals surface area contributed by atoms with Crippen LogP contribution in [0.5, 0.6) is 5.75 Å². The second-order valence-corrected chi connectivity index (χ2v) is 11.6. The zero-order valence-corrected chi connectivity index (χ0v) is 24.4. The summed E-state index contributed by atoms with van der Waals surface area (Å²) in [6, 6.07) is 11.8. The molecule has 0 bridgehead atoms. The van der Waals surface area contributed by atoms with E-state index in [1.165, 1.54) is 0 Å². The van der Waals surface area contributed by atoms with Crippen LogP contribution in [0, 0.1) is 17.8 Å². The summed E-state index contributed by atoms with van der Waals surface area (Å²) in [7, 11) is 1.60. The average Bonchev–Trinajstić information content (AvgIpc) is 3.29. The molecule has 0 radical (unpaired) electrons. The van der Waals surface area contributed by atoms with E-state index in [1.807, 2.05) is 63.2 Å². The second kappa shape index (κ2) is 13.2. The number of para-hydroxylation sites is 1. The second-order valence-electron chi connectivity index (χ2n) is 11.6. The Labute approximate surface area is 242 Å². The number of methoxy groups -OCH3 is 1. The molecule has 0 saturated carbocycles. The molecule has 2 aromatic carbocycles. The Bertz CT molecular complexity index is 1280. The summed E-state index contributed by atoms with van der Waals surface area (Å²) < 4.78 is 5.21. The van der Waals surface area contributed by atoms with E-state index in [1.54, 1.807) is 12.0 Å². The molecule has 2 aromatic rings. The lowest BCUT2D eigenvalue weighted by Gasteiger charge is -2.30. The van der Waals surface area contributed by atoms with Crippen molar-refractivity contribution in [3.8, 4) is 5.75 Å². The van der Waals surface area contributed by atoms with Crippen LogP contribution in [0.15, 0.2) is 42.5 Å². The molecule has 4 atom stereocenters. The molecule has 9 heteroatoms. The fourth-order valence-electron chi connectivity index (χ4n) is 6.12. The summed E-state index contributed by atoms with van der Waals surface area (Å²) in [6.45, 7) is 6.27. The fraction of sp³-hybridized carbons (Fsp3) is 0.500. The third kappa shape index (κ3) is 6.72. The number of nitrogens with one attached hydrogen (secondary N) is 2. The number of rotatable bonds is 12. The molecule has 0 spiro atoms. The average molecular weight is 563 g/mol. The molecule has 0 aliphatic carbocycles. The molecule has 0 fully saturated rings. The smallest absolute Gasteiger partial charge is 0.250 e. The lowest BCUT2D eigenvalue weighted by atomic mass is 9.81. The van der Waals surface area contributed by atoms with Gasteiger partial charge in [0.15, 0.2) is 0 Å². The van der Waals surface area contributed by atoms with Gasteiger partial charge >= 0.3 is 0 Å². The van der Waals surface area contributed by atoms with Gasteiger partial charge < -0.3 is 21.1 Å². The number of carbonyl (C=O) groups is 4. The highest BCUT2D eigenvalue weighted by molar-refractivity contribution is 6.08. The molecule has 220 valence electrons. The maximum absolute atomic E-state index is 14.1. The van der Waals surface area contributed by atoms with Crippen LogP contribution in [-0.2, 0) is 38.6 Å². The first kappa shape index (κ1) is 30.1. The molecular weight excluding hydrogens is 520 g/mol. The summed E-state index contributed by atoms with van der Waals surface area (Å²) in [5.74, 6) is -1.71. The van der Waals surface area contributed by atoms with Crippen molar-refractivity contribution in [3.05, 3.63) is 59.2 Å². The van der Waals surface area contributed by atoms with Gasteiger partial charge in [0, 0.05) is 24.8 Å². The molecule has 41 heavy (non-hydrogen) atoms. The molecular formula is C32H42N4O5. The van der Waals surface area contributed by atoms with Crippen molar-refractivity contribution in [1.29, 1.82) is 0 Å². The lowest BCUT2D eigenvalue weighted by Crippen LogP contribution is -2.55. The number of benzene rings is 2. The standard InChI is InChI=1S/C32H42N4O5/c1-5-7-24(29(33)37)25(16-19(2)3)30(38)35-26-15-12-21-8-6-9-22-17-27(36(28(21)22)32(26)40)31(39)34-18-20-10-13-23(41-4)14-11-20/h6,8-11,13-14,19,24-27H,5,7,12,15-18H2,1-4H3,(H2,33,37)(H,34,39)(H,35,38). The van der Waals surface area contributed by atoms with Crippen LogP contribution in [0.3, 0.4) is 0 Å². The van der Waals surface area contributed by atoms with Gasteiger partial charge in [-0.25, -0.2) is 0 Å². The lowest BCUT2D eigenvalue weighted by molar-refractivity contribution is -0.136. The fourth-order valence-corrected chi connectivity index (χ4v) is 6.12. The number of nitrogens with two attached hydrogens (primary N) is 1. The number of hydrogen-bond donors (Lipinski definition) is 3. The first-order valence-corrected chi connectivity index (χ1v) is 14.6. The first-order valence-electron chi connectivity index (χ1n) is 14.6. The van der Waals surface area contributed by atoms with E-state index in [9.17, 15) is 19.2 Å². The Hall–Kier alpha value is -3.88. The van der Waals surface area contributed by atoms with Gasteiger partial charge in [-0.2, -0.15) is 0 Å². The number of aryl methyl sites for hydroxylation is 1. The first-order chi connectivity index (χ1) is 19.6. The maximum atomic E-state index is 14.1. The third-order valence-electron chi connectivity index (χ3n) is 8.16. The summed E-state index contributed by atoms with van der Waals surface area (Å²) in [6.07, 6.45) is 3.11. The van der Waals surface area contributed by atoms with Crippen molar-refractivity contribution in [2.75, 3.05) is 12.0 Å². The van der Waals surface area contributed by atoms with Gasteiger partial charge in [-0.3, -0.25) is 24.1 Å². The van der Waals surface area contributed by atoms with Crippen LogP contribution < -0.4 is 26.0 Å². The third-order valence-corrected chi connectivity index (χ3v) is 8.16. The Morgan fingerprint density at radius 3 is 2.41 bits per heavy atom. The van der Waals surface area contributed by atoms with Crippen molar-refractivity contribution < 1.29 is 23.9 Å². The largest absolute Gasteiger partial charge is 0.497 e. The SMILES string of the molecule is CCCC(C(N)=O)C(CC(C)C)C(=O)NC1CCc2cccc3c2N(C1=O)C(C(=O)NCc1ccc(OC)cc1)C3. The Morgan fingerprint density at radius 1 is 1.07 bits per heavy atom. The molecule has 4 amide bonds. The highest BCUT2D eigenvalue weighted by atomic mass is 16.5. The highest BCUT2D eigenvalue weighted by Crippen LogP contribution is 2.39. The number of amides is 4. The van der Waals surface area contributed by atoms with E-state index in [-0.39, 0.29) is 23.6 Å². The van der Waals surface area contributed by atoms with Gasteiger partial charge in [0.2, 0.25) is 23.6 Å². The highest BCUT2D eigenvalue weighted by Gasteiger charge is 2.44. The summed E-state index contributed by atoms with van der Waals surface area (Å²) in [5, 5.41) is 5.96. The number of carbonyl (C=O) groups excluding carboxylic acids is 4. The maximum Gasteiger partial charge on any atom is 0.250 e.